The van der Waals surface area contributed by atoms with Crippen molar-refractivity contribution in [2.24, 2.45) is 35.5 Å². The van der Waals surface area contributed by atoms with Crippen molar-refractivity contribution in [3.05, 3.63) is 47.6 Å². The van der Waals surface area contributed by atoms with Crippen molar-refractivity contribution in [1.82, 2.24) is 4.90 Å². The molecule has 4 saturated heterocycles. The van der Waals surface area contributed by atoms with Gasteiger partial charge in [-0.2, -0.15) is 0 Å². The lowest BCUT2D eigenvalue weighted by Gasteiger charge is -2.42. The Hall–Kier alpha value is -4.46. The molecule has 6 rings (SSSR count). The van der Waals surface area contributed by atoms with Crippen molar-refractivity contribution < 1.29 is 122 Å². The number of ether oxygens (including phenoxy) is 10. The smallest absolute Gasteiger partial charge is 0.460 e. The van der Waals surface area contributed by atoms with Crippen LogP contribution in [0.4, 0.5) is 4.79 Å². The van der Waals surface area contributed by atoms with Gasteiger partial charge in [-0.1, -0.05) is 71.1 Å². The number of piperidine rings is 1. The highest BCUT2D eigenvalue weighted by atomic mass is 16.8. The largest absolute Gasteiger partial charge is 0.511 e. The Morgan fingerprint density at radius 2 is 1.41 bits per heavy atom. The average Bonchev–Trinajstić information content (AvgIpc) is 1.08. The van der Waals surface area contributed by atoms with Crippen LogP contribution in [0.5, 0.6) is 0 Å². The number of carbonyl (C=O) groups excluding carboxylic acids is 6. The molecule has 0 aromatic rings. The number of aliphatic hydroxyl groups excluding tert-OH is 8. The molecule has 26 nitrogen and oxygen atoms in total. The third kappa shape index (κ3) is 18.7. The molecule has 510 valence electrons. The van der Waals surface area contributed by atoms with E-state index in [4.69, 9.17) is 47.4 Å². The standard InChI is InChI=1S/C64H99NO25/c1-32-16-12-11-13-17-33(2)44(81-8)28-40-21-19-38(7)64(80,90-40)58(76)59(77)65-23-15-14-18-41(65)60(78)85-45(29-42(67)34(3)25-37(6)50(69)57(83-10)49(68)36(5)24-32)35(4)26-39-20-22-43(46(27-39)82-9)88-63(79)89-62-56(75)54(73)52(71)48(87-62)31-84-61-55(74)53(72)51(70)47(30-66)86-61/h11-13,16-17,25,32,34-36,38-41,43-48,50-57,61-62,66,69-75,80H,14-15,18-24,26-31H2,1-10H3/b13-11+,16-12+,33-17+,37-25+/t32-,34-,35-,36-,38-,39?,40+,41?,43-,44+,45+,46-,47-,48-,50-,51-,52-,53+,54+,55-,56-,57+,61+,62-,64-/m1/s1. The maximum atomic E-state index is 14.7. The molecular weight excluding hydrogens is 1180 g/mol. The van der Waals surface area contributed by atoms with Gasteiger partial charge in [0.05, 0.1) is 31.5 Å². The van der Waals surface area contributed by atoms with Gasteiger partial charge in [0.2, 0.25) is 12.1 Å². The van der Waals surface area contributed by atoms with Gasteiger partial charge < -0.3 is 98.2 Å². The van der Waals surface area contributed by atoms with Crippen molar-refractivity contribution in [3.8, 4) is 0 Å². The molecule has 1 aliphatic carbocycles. The summed E-state index contributed by atoms with van der Waals surface area (Å²) in [5, 5.41) is 96.1. The minimum Gasteiger partial charge on any atom is -0.460 e. The van der Waals surface area contributed by atoms with Crippen LogP contribution in [-0.4, -0.2) is 243 Å². The molecule has 0 aromatic carbocycles. The lowest BCUT2D eigenvalue weighted by molar-refractivity contribution is -0.326. The zero-order valence-electron chi connectivity index (χ0n) is 53.4. The Labute approximate surface area is 526 Å². The average molecular weight is 1280 g/mol. The summed E-state index contributed by atoms with van der Waals surface area (Å²) in [4.78, 5) is 86.4. The summed E-state index contributed by atoms with van der Waals surface area (Å²) in [6.45, 7) is 10.8. The van der Waals surface area contributed by atoms with Gasteiger partial charge in [0, 0.05) is 58.5 Å². The van der Waals surface area contributed by atoms with Crippen molar-refractivity contribution >= 4 is 35.4 Å². The van der Waals surface area contributed by atoms with E-state index in [0.29, 0.717) is 50.5 Å². The molecular formula is C64H99NO25. The van der Waals surface area contributed by atoms with E-state index in [1.807, 2.05) is 44.2 Å². The van der Waals surface area contributed by atoms with Gasteiger partial charge >= 0.3 is 12.1 Å². The molecule has 2 bridgehead atoms. The Bertz CT molecular complexity index is 2520. The predicted octanol–water partition coefficient (Wildman–Crippen LogP) is 1.97. The van der Waals surface area contributed by atoms with E-state index in [0.717, 1.165) is 10.5 Å². The van der Waals surface area contributed by atoms with Crippen molar-refractivity contribution in [2.45, 2.75) is 241 Å². The van der Waals surface area contributed by atoms with E-state index in [-0.39, 0.29) is 56.3 Å². The third-order valence-corrected chi connectivity index (χ3v) is 18.9. The molecule has 1 saturated carbocycles. The van der Waals surface area contributed by atoms with Crippen molar-refractivity contribution in [3.63, 3.8) is 0 Å². The quantitative estimate of drug-likeness (QED) is 0.0766. The first-order chi connectivity index (χ1) is 42.6. The number of nitrogens with zero attached hydrogens (tertiary/aromatic N) is 1. The third-order valence-electron chi connectivity index (χ3n) is 18.9. The van der Waals surface area contributed by atoms with Crippen molar-refractivity contribution in [1.29, 1.82) is 0 Å². The van der Waals surface area contributed by atoms with Crippen LogP contribution in [0.1, 0.15) is 126 Å². The molecule has 1 amide bonds. The molecule has 90 heavy (non-hydrogen) atoms. The van der Waals surface area contributed by atoms with Crippen LogP contribution >= 0.6 is 0 Å². The van der Waals surface area contributed by atoms with Crippen LogP contribution in [0.3, 0.4) is 0 Å². The Morgan fingerprint density at radius 3 is 2.08 bits per heavy atom. The number of esters is 1. The van der Waals surface area contributed by atoms with E-state index in [1.165, 1.54) is 14.2 Å². The molecule has 5 fully saturated rings. The van der Waals surface area contributed by atoms with Crippen LogP contribution in [0.25, 0.3) is 0 Å². The van der Waals surface area contributed by atoms with E-state index in [9.17, 15) is 74.7 Å². The number of hydrogen-bond acceptors (Lipinski definition) is 25. The number of rotatable bonds is 12. The summed E-state index contributed by atoms with van der Waals surface area (Å²) in [5.41, 5.74) is 1.13. The number of ketones is 3. The number of allylic oxidation sites excluding steroid dienone is 6. The normalized spacial score (nSPS) is 42.7. The summed E-state index contributed by atoms with van der Waals surface area (Å²) < 4.78 is 57.1. The number of fused-ring (bicyclic) bond motifs is 3. The molecule has 2 unspecified atom stereocenters. The van der Waals surface area contributed by atoms with Crippen LogP contribution < -0.4 is 0 Å². The Kier molecular flexibility index (Phi) is 28.3. The van der Waals surface area contributed by atoms with Crippen LogP contribution in [0.2, 0.25) is 0 Å². The molecule has 26 heteroatoms. The fourth-order valence-electron chi connectivity index (χ4n) is 13.0. The summed E-state index contributed by atoms with van der Waals surface area (Å²) in [7, 11) is 4.28. The Morgan fingerprint density at radius 1 is 0.733 bits per heavy atom. The first-order valence-electron chi connectivity index (χ1n) is 31.6. The van der Waals surface area contributed by atoms with E-state index in [2.05, 4.69) is 0 Å². The van der Waals surface area contributed by atoms with Gasteiger partial charge in [-0.3, -0.25) is 19.2 Å². The van der Waals surface area contributed by atoms with Crippen molar-refractivity contribution in [2.75, 3.05) is 41.1 Å². The summed E-state index contributed by atoms with van der Waals surface area (Å²) in [6.07, 6.45) is -11.1. The number of methoxy groups -OCH3 is 3. The SMILES string of the molecule is CO[C@H]1C[C@@H]2CC[C@@H](C)[C@@](O)(O2)C(=O)C(=O)N2CCCCC2C(=O)O[C@H]([C@H](C)CC2CC[C@@H](OC(=O)O[C@H]3O[C@H](CO[C@H]4O[C@H](CO)[C@@H](O)[C@H](O)[C@H]4O)[C@@H](O)[C@H](O)[C@H]3O)[C@H](OC)C2)CC(=O)[C@H](C)/C=C(\C)[C@@H](O)[C@@H](OC)C(=O)[C@H](C)C[C@H](C)/C=C/C=C/C=C/1C. The topological polar surface area (TPSA) is 380 Å². The lowest BCUT2D eigenvalue weighted by Crippen LogP contribution is -2.62. The highest BCUT2D eigenvalue weighted by molar-refractivity contribution is 6.39. The second kappa shape index (κ2) is 34.1. The number of aliphatic hydroxyl groups is 9. The van der Waals surface area contributed by atoms with Gasteiger partial charge in [0.1, 0.15) is 85.1 Å². The maximum Gasteiger partial charge on any atom is 0.511 e. The first-order valence-corrected chi connectivity index (χ1v) is 31.6. The summed E-state index contributed by atoms with van der Waals surface area (Å²) >= 11 is 0. The number of hydrogen-bond donors (Lipinski definition) is 9. The second-order valence-corrected chi connectivity index (χ2v) is 25.6. The molecule has 0 spiro atoms. The zero-order chi connectivity index (χ0) is 66.5. The highest BCUT2D eigenvalue weighted by Gasteiger charge is 2.54. The van der Waals surface area contributed by atoms with E-state index >= 15 is 0 Å². The van der Waals surface area contributed by atoms with E-state index in [1.54, 1.807) is 47.8 Å². The maximum absolute atomic E-state index is 14.7. The minimum atomic E-state index is -2.52. The molecule has 0 radical (unpaired) electrons. The van der Waals surface area contributed by atoms with Gasteiger partial charge in [-0.25, -0.2) is 9.59 Å². The van der Waals surface area contributed by atoms with Gasteiger partial charge in [0.15, 0.2) is 12.1 Å². The fourth-order valence-corrected chi connectivity index (χ4v) is 13.0. The predicted molar refractivity (Wildman–Crippen MR) is 317 cm³/mol. The summed E-state index contributed by atoms with van der Waals surface area (Å²) in [5.74, 6) is -9.44. The molecule has 5 aliphatic heterocycles. The number of amides is 1. The second-order valence-electron chi connectivity index (χ2n) is 25.6. The number of Topliss-reactive ketones (excluding diaryl/α,β-unsaturated/α-hetero) is 3. The Balaban J connectivity index is 1.19. The fraction of sp³-hybridized carbons (Fsp3) is 0.781. The van der Waals surface area contributed by atoms with Gasteiger partial charge in [-0.15, -0.1) is 0 Å². The van der Waals surface area contributed by atoms with E-state index < -0.39 is 182 Å². The van der Waals surface area contributed by atoms with Gasteiger partial charge in [0.25, 0.3) is 11.7 Å². The lowest BCUT2D eigenvalue weighted by atomic mass is 9.78. The van der Waals surface area contributed by atoms with Crippen LogP contribution in [-0.2, 0) is 71.3 Å². The molecule has 6 aliphatic rings. The van der Waals surface area contributed by atoms with Crippen LogP contribution in [0, 0.1) is 35.5 Å². The monoisotopic (exact) mass is 1280 g/mol. The molecule has 9 N–H and O–H groups in total. The number of carbonyl (C=O) groups is 6. The minimum absolute atomic E-state index is 0.0114. The summed E-state index contributed by atoms with van der Waals surface area (Å²) in [6, 6.07) is -1.28. The highest BCUT2D eigenvalue weighted by Crippen LogP contribution is 2.39. The first kappa shape index (κ1) is 74.6. The molecule has 5 heterocycles. The number of cyclic esters (lactones) is 1. The molecule has 0 aromatic heterocycles. The zero-order valence-corrected chi connectivity index (χ0v) is 53.4. The van der Waals surface area contributed by atoms with Gasteiger partial charge in [-0.05, 0) is 107 Å². The van der Waals surface area contributed by atoms with Crippen LogP contribution in [0.15, 0.2) is 47.6 Å². The molecule has 25 atom stereocenters.